The monoisotopic (exact) mass is 369 g/mol. The maximum absolute atomic E-state index is 13.3. The van der Waals surface area contributed by atoms with Gasteiger partial charge in [-0.3, -0.25) is 9.78 Å². The maximum atomic E-state index is 13.3. The number of aromatic nitrogens is 1. The number of amides is 1. The number of fused-ring (bicyclic) bond motifs is 2. The molecule has 1 atom stereocenters. The fraction of sp³-hybridized carbons (Fsp3) is 0.250. The molecule has 28 heavy (non-hydrogen) atoms. The van der Waals surface area contributed by atoms with Crippen molar-refractivity contribution in [1.82, 2.24) is 4.98 Å². The molecule has 0 N–H and O–H groups in total. The number of hydrogen-bond acceptors (Lipinski definition) is 3. The molecule has 0 saturated carbocycles. The number of benzene rings is 2. The van der Waals surface area contributed by atoms with Gasteiger partial charge in [0.05, 0.1) is 0 Å². The van der Waals surface area contributed by atoms with Crippen LogP contribution in [0.3, 0.4) is 0 Å². The topological polar surface area (TPSA) is 36.4 Å². The molecule has 0 bridgehead atoms. The molecular formula is C24H23N3O. The van der Waals surface area contributed by atoms with Gasteiger partial charge in [-0.25, -0.2) is 0 Å². The number of rotatable bonds is 2. The molecule has 2 aromatic carbocycles. The van der Waals surface area contributed by atoms with Crippen molar-refractivity contribution in [3.05, 3.63) is 83.7 Å². The SMILES string of the molecule is CC1Cc2ccccc2N1c1ccnc(C(=O)N2CCCc3ccccc32)c1. The third kappa shape index (κ3) is 2.76. The Balaban J connectivity index is 1.50. The number of anilines is 3. The van der Waals surface area contributed by atoms with Crippen LogP contribution in [0.25, 0.3) is 0 Å². The minimum atomic E-state index is -0.0193. The first-order valence-corrected chi connectivity index (χ1v) is 9.95. The molecule has 3 heterocycles. The Morgan fingerprint density at radius 3 is 2.61 bits per heavy atom. The van der Waals surface area contributed by atoms with Gasteiger partial charge in [-0.2, -0.15) is 0 Å². The number of hydrogen-bond donors (Lipinski definition) is 0. The van der Waals surface area contributed by atoms with E-state index in [1.54, 1.807) is 6.20 Å². The molecule has 0 aliphatic carbocycles. The van der Waals surface area contributed by atoms with E-state index < -0.39 is 0 Å². The number of para-hydroxylation sites is 2. The van der Waals surface area contributed by atoms with Crippen LogP contribution in [0.2, 0.25) is 0 Å². The number of nitrogens with zero attached hydrogens (tertiary/aromatic N) is 3. The Bertz CT molecular complexity index is 1050. The van der Waals surface area contributed by atoms with E-state index in [1.807, 2.05) is 35.2 Å². The average molecular weight is 369 g/mol. The van der Waals surface area contributed by atoms with Crippen LogP contribution in [0, 0.1) is 0 Å². The van der Waals surface area contributed by atoms with E-state index in [1.165, 1.54) is 16.8 Å². The maximum Gasteiger partial charge on any atom is 0.276 e. The highest BCUT2D eigenvalue weighted by Gasteiger charge is 2.29. The Kier molecular flexibility index (Phi) is 4.12. The highest BCUT2D eigenvalue weighted by Crippen LogP contribution is 2.38. The van der Waals surface area contributed by atoms with Gasteiger partial charge in [0.15, 0.2) is 0 Å². The van der Waals surface area contributed by atoms with E-state index in [9.17, 15) is 4.79 Å². The fourth-order valence-electron chi connectivity index (χ4n) is 4.53. The van der Waals surface area contributed by atoms with Crippen LogP contribution < -0.4 is 9.80 Å². The van der Waals surface area contributed by atoms with E-state index in [0.29, 0.717) is 11.7 Å². The molecule has 4 nitrogen and oxygen atoms in total. The van der Waals surface area contributed by atoms with Crippen molar-refractivity contribution in [1.29, 1.82) is 0 Å². The number of aryl methyl sites for hydroxylation is 1. The van der Waals surface area contributed by atoms with E-state index in [4.69, 9.17) is 0 Å². The lowest BCUT2D eigenvalue weighted by Gasteiger charge is -2.30. The van der Waals surface area contributed by atoms with E-state index >= 15 is 0 Å². The Morgan fingerprint density at radius 1 is 1.00 bits per heavy atom. The Hall–Kier alpha value is -3.14. The van der Waals surface area contributed by atoms with Crippen molar-refractivity contribution < 1.29 is 4.79 Å². The van der Waals surface area contributed by atoms with Gasteiger partial charge >= 0.3 is 0 Å². The molecule has 3 aromatic rings. The zero-order valence-corrected chi connectivity index (χ0v) is 16.0. The lowest BCUT2D eigenvalue weighted by molar-refractivity contribution is 0.0980. The van der Waals surface area contributed by atoms with Crippen molar-refractivity contribution in [2.75, 3.05) is 16.3 Å². The van der Waals surface area contributed by atoms with Crippen LogP contribution in [-0.4, -0.2) is 23.5 Å². The van der Waals surface area contributed by atoms with Crippen LogP contribution >= 0.6 is 0 Å². The molecule has 0 fully saturated rings. The molecule has 140 valence electrons. The highest BCUT2D eigenvalue weighted by atomic mass is 16.2. The summed E-state index contributed by atoms with van der Waals surface area (Å²) in [6.45, 7) is 2.97. The minimum Gasteiger partial charge on any atom is -0.338 e. The summed E-state index contributed by atoms with van der Waals surface area (Å²) in [6, 6.07) is 21.0. The molecule has 1 aromatic heterocycles. The molecule has 2 aliphatic rings. The zero-order valence-electron chi connectivity index (χ0n) is 16.0. The highest BCUT2D eigenvalue weighted by molar-refractivity contribution is 6.06. The molecule has 0 spiro atoms. The molecule has 0 saturated heterocycles. The minimum absolute atomic E-state index is 0.0193. The quantitative estimate of drug-likeness (QED) is 0.654. The standard InChI is InChI=1S/C24H23N3O/c1-17-15-19-8-3-5-11-23(19)27(17)20-12-13-25-21(16-20)24(28)26-14-6-9-18-7-2-4-10-22(18)26/h2-5,7-8,10-13,16-17H,6,9,14-15H2,1H3. The second-order valence-corrected chi connectivity index (χ2v) is 7.64. The first-order valence-electron chi connectivity index (χ1n) is 9.95. The van der Waals surface area contributed by atoms with Crippen LogP contribution in [0.5, 0.6) is 0 Å². The summed E-state index contributed by atoms with van der Waals surface area (Å²) in [5.74, 6) is -0.0193. The summed E-state index contributed by atoms with van der Waals surface area (Å²) in [5.41, 5.74) is 6.37. The normalized spacial score (nSPS) is 18.0. The van der Waals surface area contributed by atoms with Gasteiger partial charge in [0.25, 0.3) is 5.91 Å². The van der Waals surface area contributed by atoms with Crippen LogP contribution in [-0.2, 0) is 12.8 Å². The van der Waals surface area contributed by atoms with Crippen molar-refractivity contribution >= 4 is 23.0 Å². The van der Waals surface area contributed by atoms with E-state index in [-0.39, 0.29) is 5.91 Å². The van der Waals surface area contributed by atoms with Crippen LogP contribution in [0.1, 0.15) is 35.0 Å². The second-order valence-electron chi connectivity index (χ2n) is 7.64. The fourth-order valence-corrected chi connectivity index (χ4v) is 4.53. The zero-order chi connectivity index (χ0) is 19.1. The molecule has 2 aliphatic heterocycles. The van der Waals surface area contributed by atoms with Gasteiger partial charge in [0.1, 0.15) is 5.69 Å². The van der Waals surface area contributed by atoms with Gasteiger partial charge in [-0.1, -0.05) is 36.4 Å². The van der Waals surface area contributed by atoms with Gasteiger partial charge < -0.3 is 9.80 Å². The average Bonchev–Trinajstić information content (AvgIpc) is 3.08. The van der Waals surface area contributed by atoms with Crippen molar-refractivity contribution in [2.45, 2.75) is 32.2 Å². The third-order valence-electron chi connectivity index (χ3n) is 5.80. The van der Waals surface area contributed by atoms with E-state index in [0.717, 1.165) is 37.2 Å². The Labute approximate surface area is 165 Å². The molecule has 0 radical (unpaired) electrons. The van der Waals surface area contributed by atoms with Gasteiger partial charge in [-0.15, -0.1) is 0 Å². The molecule has 4 heteroatoms. The number of carbonyl (C=O) groups is 1. The van der Waals surface area contributed by atoms with Gasteiger partial charge in [0, 0.05) is 35.8 Å². The lowest BCUT2D eigenvalue weighted by atomic mass is 10.0. The molecule has 1 amide bonds. The summed E-state index contributed by atoms with van der Waals surface area (Å²) >= 11 is 0. The van der Waals surface area contributed by atoms with Crippen LogP contribution in [0.15, 0.2) is 66.9 Å². The lowest BCUT2D eigenvalue weighted by Crippen LogP contribution is -2.36. The summed E-state index contributed by atoms with van der Waals surface area (Å²) in [7, 11) is 0. The van der Waals surface area contributed by atoms with Crippen LogP contribution in [0.4, 0.5) is 17.1 Å². The van der Waals surface area contributed by atoms with Crippen molar-refractivity contribution in [2.24, 2.45) is 0 Å². The van der Waals surface area contributed by atoms with Crippen molar-refractivity contribution in [3.8, 4) is 0 Å². The largest absolute Gasteiger partial charge is 0.338 e. The molecule has 1 unspecified atom stereocenters. The van der Waals surface area contributed by atoms with Crippen molar-refractivity contribution in [3.63, 3.8) is 0 Å². The molecule has 5 rings (SSSR count). The number of carbonyl (C=O) groups excluding carboxylic acids is 1. The summed E-state index contributed by atoms with van der Waals surface area (Å²) in [6.07, 6.45) is 4.78. The second kappa shape index (κ2) is 6.79. The summed E-state index contributed by atoms with van der Waals surface area (Å²) in [5, 5.41) is 0. The van der Waals surface area contributed by atoms with E-state index in [2.05, 4.69) is 47.1 Å². The first-order chi connectivity index (χ1) is 13.7. The first kappa shape index (κ1) is 17.0. The summed E-state index contributed by atoms with van der Waals surface area (Å²) in [4.78, 5) is 21.9. The predicted molar refractivity (Wildman–Crippen MR) is 112 cm³/mol. The predicted octanol–water partition coefficient (Wildman–Crippen LogP) is 4.76. The van der Waals surface area contributed by atoms with Gasteiger partial charge in [-0.05, 0) is 61.6 Å². The smallest absolute Gasteiger partial charge is 0.276 e. The summed E-state index contributed by atoms with van der Waals surface area (Å²) < 4.78 is 0. The number of pyridine rings is 1. The molecular weight excluding hydrogens is 346 g/mol. The Morgan fingerprint density at radius 2 is 1.75 bits per heavy atom. The van der Waals surface area contributed by atoms with Gasteiger partial charge in [0.2, 0.25) is 0 Å². The third-order valence-corrected chi connectivity index (χ3v) is 5.80.